The first-order valence-corrected chi connectivity index (χ1v) is 10.3. The van der Waals surface area contributed by atoms with E-state index in [9.17, 15) is 19.7 Å². The monoisotopic (exact) mass is 429 g/mol. The molecule has 0 atom stereocenters. The van der Waals surface area contributed by atoms with Gasteiger partial charge in [0.05, 0.1) is 21.7 Å². The van der Waals surface area contributed by atoms with Crippen LogP contribution in [0.1, 0.15) is 16.1 Å². The summed E-state index contributed by atoms with van der Waals surface area (Å²) in [7, 11) is 0. The van der Waals surface area contributed by atoms with Gasteiger partial charge in [0.25, 0.3) is 11.6 Å². The number of carbonyl (C=O) groups is 2. The second-order valence-electron chi connectivity index (χ2n) is 5.72. The number of aromatic nitrogens is 1. The van der Waals surface area contributed by atoms with E-state index in [0.29, 0.717) is 11.3 Å². The molecule has 29 heavy (non-hydrogen) atoms. The molecule has 0 radical (unpaired) electrons. The largest absolute Gasteiger partial charge is 0.452 e. The van der Waals surface area contributed by atoms with Gasteiger partial charge in [0.2, 0.25) is 0 Å². The standard InChI is InChI=1S/C19H15N3O5S2/c23-18(21-14-3-5-16(6-4-14)22(25)26)9-27-19(24)13-1-7-17(8-2-13)29-11-15-10-28-12-20-15/h1-8,10,12H,9,11H2,(H,21,23). The molecule has 3 rings (SSSR count). The molecule has 0 aliphatic carbocycles. The van der Waals surface area contributed by atoms with Crippen LogP contribution in [0.3, 0.4) is 0 Å². The molecule has 0 fully saturated rings. The summed E-state index contributed by atoms with van der Waals surface area (Å²) >= 11 is 3.15. The highest BCUT2D eigenvalue weighted by molar-refractivity contribution is 7.98. The maximum Gasteiger partial charge on any atom is 0.338 e. The number of non-ortho nitro benzene ring substituents is 1. The minimum absolute atomic E-state index is 0.0809. The van der Waals surface area contributed by atoms with Crippen molar-refractivity contribution in [2.75, 3.05) is 11.9 Å². The molecule has 8 nitrogen and oxygen atoms in total. The molecule has 0 bridgehead atoms. The highest BCUT2D eigenvalue weighted by atomic mass is 32.2. The number of nitrogens with zero attached hydrogens (tertiary/aromatic N) is 2. The third kappa shape index (κ3) is 6.13. The molecule has 0 saturated heterocycles. The fourth-order valence-corrected chi connectivity index (χ4v) is 3.70. The molecular formula is C19H15N3O5S2. The van der Waals surface area contributed by atoms with Crippen LogP contribution in [0.5, 0.6) is 0 Å². The van der Waals surface area contributed by atoms with Gasteiger partial charge < -0.3 is 10.1 Å². The van der Waals surface area contributed by atoms with Gasteiger partial charge in [-0.2, -0.15) is 0 Å². The lowest BCUT2D eigenvalue weighted by Gasteiger charge is -2.07. The Morgan fingerprint density at radius 3 is 2.48 bits per heavy atom. The van der Waals surface area contributed by atoms with Crippen molar-refractivity contribution < 1.29 is 19.2 Å². The smallest absolute Gasteiger partial charge is 0.338 e. The summed E-state index contributed by atoms with van der Waals surface area (Å²) in [4.78, 5) is 39.3. The van der Waals surface area contributed by atoms with Crippen molar-refractivity contribution in [2.45, 2.75) is 10.6 Å². The van der Waals surface area contributed by atoms with E-state index in [0.717, 1.165) is 16.3 Å². The number of ether oxygens (including phenoxy) is 1. The Morgan fingerprint density at radius 2 is 1.86 bits per heavy atom. The number of carbonyl (C=O) groups excluding carboxylic acids is 2. The number of nitro benzene ring substituents is 1. The van der Waals surface area contributed by atoms with E-state index >= 15 is 0 Å². The number of anilines is 1. The summed E-state index contributed by atoms with van der Waals surface area (Å²) in [5.41, 5.74) is 3.42. The van der Waals surface area contributed by atoms with Crippen LogP contribution in [0, 0.1) is 10.1 Å². The van der Waals surface area contributed by atoms with Crippen molar-refractivity contribution in [1.82, 2.24) is 4.98 Å². The molecule has 1 N–H and O–H groups in total. The van der Waals surface area contributed by atoms with Crippen LogP contribution in [-0.4, -0.2) is 28.4 Å². The molecule has 1 aromatic heterocycles. The van der Waals surface area contributed by atoms with Crippen LogP contribution >= 0.6 is 23.1 Å². The predicted octanol–water partition coefficient (Wildman–Crippen LogP) is 4.14. The van der Waals surface area contributed by atoms with Gasteiger partial charge in [-0.25, -0.2) is 9.78 Å². The molecule has 0 spiro atoms. The average molecular weight is 429 g/mol. The summed E-state index contributed by atoms with van der Waals surface area (Å²) in [6.45, 7) is -0.462. The van der Waals surface area contributed by atoms with Crippen molar-refractivity contribution in [3.8, 4) is 0 Å². The highest BCUT2D eigenvalue weighted by Crippen LogP contribution is 2.23. The third-order valence-electron chi connectivity index (χ3n) is 3.66. The number of hydrogen-bond donors (Lipinski definition) is 1. The SMILES string of the molecule is O=C(COC(=O)c1ccc(SCc2cscn2)cc1)Nc1ccc([N+](=O)[O-])cc1. The van der Waals surface area contributed by atoms with Crippen molar-refractivity contribution in [2.24, 2.45) is 0 Å². The Hall–Kier alpha value is -3.24. The minimum Gasteiger partial charge on any atom is -0.452 e. The number of thiazole rings is 1. The van der Waals surface area contributed by atoms with Crippen molar-refractivity contribution in [1.29, 1.82) is 0 Å². The van der Waals surface area contributed by atoms with Gasteiger partial charge in [-0.1, -0.05) is 0 Å². The van der Waals surface area contributed by atoms with E-state index in [1.54, 1.807) is 40.7 Å². The number of thioether (sulfide) groups is 1. The van der Waals surface area contributed by atoms with E-state index in [1.807, 2.05) is 17.5 Å². The summed E-state index contributed by atoms with van der Waals surface area (Å²) < 4.78 is 5.01. The van der Waals surface area contributed by atoms with Crippen molar-refractivity contribution in [3.63, 3.8) is 0 Å². The van der Waals surface area contributed by atoms with E-state index in [-0.39, 0.29) is 5.69 Å². The van der Waals surface area contributed by atoms with Crippen LogP contribution in [0.2, 0.25) is 0 Å². The summed E-state index contributed by atoms with van der Waals surface area (Å²) in [5.74, 6) is -0.404. The average Bonchev–Trinajstić information content (AvgIpc) is 3.25. The summed E-state index contributed by atoms with van der Waals surface area (Å²) in [6, 6.07) is 12.3. The summed E-state index contributed by atoms with van der Waals surface area (Å²) in [6.07, 6.45) is 0. The van der Waals surface area contributed by atoms with Crippen molar-refractivity contribution >= 4 is 46.3 Å². The number of hydrogen-bond acceptors (Lipinski definition) is 8. The fourth-order valence-electron chi connectivity index (χ4n) is 2.23. The van der Waals surface area contributed by atoms with Gasteiger partial charge >= 0.3 is 5.97 Å². The number of nitrogens with one attached hydrogen (secondary N) is 1. The lowest BCUT2D eigenvalue weighted by atomic mass is 10.2. The van der Waals surface area contributed by atoms with E-state index in [1.165, 1.54) is 24.3 Å². The third-order valence-corrected chi connectivity index (χ3v) is 5.34. The molecular weight excluding hydrogens is 414 g/mol. The Bertz CT molecular complexity index is 990. The predicted molar refractivity (Wildman–Crippen MR) is 110 cm³/mol. The Labute approximate surface area is 174 Å². The highest BCUT2D eigenvalue weighted by Gasteiger charge is 2.11. The van der Waals surface area contributed by atoms with Gasteiger partial charge in [0, 0.05) is 33.8 Å². The topological polar surface area (TPSA) is 111 Å². The first kappa shape index (κ1) is 20.5. The van der Waals surface area contributed by atoms with E-state index in [2.05, 4.69) is 10.3 Å². The number of amides is 1. The number of esters is 1. The minimum atomic E-state index is -0.611. The zero-order valence-electron chi connectivity index (χ0n) is 14.9. The van der Waals surface area contributed by atoms with Gasteiger partial charge in [0.1, 0.15) is 0 Å². The molecule has 2 aromatic carbocycles. The molecule has 3 aromatic rings. The first-order chi connectivity index (χ1) is 14.0. The zero-order chi connectivity index (χ0) is 20.6. The zero-order valence-corrected chi connectivity index (χ0v) is 16.6. The molecule has 148 valence electrons. The van der Waals surface area contributed by atoms with Gasteiger partial charge in [-0.15, -0.1) is 23.1 Å². The van der Waals surface area contributed by atoms with Crippen molar-refractivity contribution in [3.05, 3.63) is 80.8 Å². The Balaban J connectivity index is 1.45. The van der Waals surface area contributed by atoms with E-state index < -0.39 is 23.4 Å². The van der Waals surface area contributed by atoms with Crippen LogP contribution < -0.4 is 5.32 Å². The molecule has 0 unspecified atom stereocenters. The van der Waals surface area contributed by atoms with E-state index in [4.69, 9.17) is 4.74 Å². The molecule has 1 amide bonds. The van der Waals surface area contributed by atoms with Gasteiger partial charge in [0.15, 0.2) is 6.61 Å². The van der Waals surface area contributed by atoms with Crippen LogP contribution in [-0.2, 0) is 15.3 Å². The first-order valence-electron chi connectivity index (χ1n) is 8.32. The van der Waals surface area contributed by atoms with Crippen LogP contribution in [0.4, 0.5) is 11.4 Å². The molecule has 1 heterocycles. The maximum atomic E-state index is 12.1. The molecule has 0 aliphatic rings. The molecule has 0 aliphatic heterocycles. The van der Waals surface area contributed by atoms with Gasteiger partial charge in [-0.3, -0.25) is 14.9 Å². The lowest BCUT2D eigenvalue weighted by molar-refractivity contribution is -0.384. The maximum absolute atomic E-state index is 12.1. The van der Waals surface area contributed by atoms with Gasteiger partial charge in [-0.05, 0) is 36.4 Å². The number of rotatable bonds is 8. The van der Waals surface area contributed by atoms with Crippen LogP contribution in [0.15, 0.2) is 64.3 Å². The Morgan fingerprint density at radius 1 is 1.14 bits per heavy atom. The second kappa shape index (κ2) is 9.80. The second-order valence-corrected chi connectivity index (χ2v) is 7.49. The van der Waals surface area contributed by atoms with Crippen LogP contribution in [0.25, 0.3) is 0 Å². The fraction of sp³-hybridized carbons (Fsp3) is 0.105. The normalized spacial score (nSPS) is 10.3. The number of benzene rings is 2. The molecule has 0 saturated carbocycles. The quantitative estimate of drug-likeness (QED) is 0.248. The summed E-state index contributed by atoms with van der Waals surface area (Å²) in [5, 5.41) is 15.1. The number of nitro groups is 1. The molecule has 10 heteroatoms. The Kier molecular flexibility index (Phi) is 6.93. The lowest BCUT2D eigenvalue weighted by Crippen LogP contribution is -2.20.